The summed E-state index contributed by atoms with van der Waals surface area (Å²) < 4.78 is 20.3. The standard InChI is InChI=1S/C21H28FN3O3/c1-15(26)25-14-19-12-20(13-19,21(28-19)7-10-23-11-8-21)18(27)24-9-6-16-4-2-3-5-17(16)22/h2-5,23H,6-14H2,1H3,(H,24,27)(H,25,26). The summed E-state index contributed by atoms with van der Waals surface area (Å²) in [5.74, 6) is -0.329. The van der Waals surface area contributed by atoms with Gasteiger partial charge in [0.15, 0.2) is 0 Å². The molecule has 0 aromatic heterocycles. The molecule has 1 spiro atoms. The Bertz CT molecular complexity index is 770. The summed E-state index contributed by atoms with van der Waals surface area (Å²) in [6.07, 6.45) is 3.30. The fraction of sp³-hybridized carbons (Fsp3) is 0.619. The molecule has 3 N–H and O–H groups in total. The van der Waals surface area contributed by atoms with Gasteiger partial charge in [-0.2, -0.15) is 0 Å². The van der Waals surface area contributed by atoms with Crippen molar-refractivity contribution in [3.05, 3.63) is 35.6 Å². The van der Waals surface area contributed by atoms with E-state index in [9.17, 15) is 14.0 Å². The number of ether oxygens (including phenoxy) is 1. The lowest BCUT2D eigenvalue weighted by Crippen LogP contribution is -2.61. The van der Waals surface area contributed by atoms with Crippen LogP contribution in [0.2, 0.25) is 0 Å². The number of halogens is 1. The fourth-order valence-electron chi connectivity index (χ4n) is 5.36. The highest BCUT2D eigenvalue weighted by atomic mass is 19.1. The van der Waals surface area contributed by atoms with Gasteiger partial charge in [-0.25, -0.2) is 4.39 Å². The lowest BCUT2D eigenvalue weighted by Gasteiger charge is -2.48. The average molecular weight is 389 g/mol. The van der Waals surface area contributed by atoms with Crippen molar-refractivity contribution in [3.63, 3.8) is 0 Å². The van der Waals surface area contributed by atoms with E-state index in [-0.39, 0.29) is 17.6 Å². The lowest BCUT2D eigenvalue weighted by atomic mass is 9.53. The molecule has 1 aromatic rings. The largest absolute Gasteiger partial charge is 0.365 e. The average Bonchev–Trinajstić information content (AvgIpc) is 3.06. The van der Waals surface area contributed by atoms with Crippen LogP contribution in [0.4, 0.5) is 4.39 Å². The van der Waals surface area contributed by atoms with Crippen LogP contribution in [0.3, 0.4) is 0 Å². The molecule has 3 saturated heterocycles. The highest BCUT2D eigenvalue weighted by Crippen LogP contribution is 2.68. The van der Waals surface area contributed by atoms with Crippen LogP contribution in [0.15, 0.2) is 24.3 Å². The Balaban J connectivity index is 1.44. The minimum Gasteiger partial charge on any atom is -0.365 e. The number of hydrogen-bond donors (Lipinski definition) is 3. The molecule has 28 heavy (non-hydrogen) atoms. The second-order valence-corrected chi connectivity index (χ2v) is 8.47. The molecule has 5 rings (SSSR count). The topological polar surface area (TPSA) is 79.5 Å². The van der Waals surface area contributed by atoms with Gasteiger partial charge >= 0.3 is 0 Å². The van der Waals surface area contributed by atoms with Crippen molar-refractivity contribution >= 4 is 11.8 Å². The first-order valence-corrected chi connectivity index (χ1v) is 10.1. The third-order valence-corrected chi connectivity index (χ3v) is 6.68. The number of hydrogen-bond acceptors (Lipinski definition) is 4. The fourth-order valence-corrected chi connectivity index (χ4v) is 5.36. The molecule has 0 unspecified atom stereocenters. The van der Waals surface area contributed by atoms with Gasteiger partial charge in [-0.15, -0.1) is 0 Å². The summed E-state index contributed by atoms with van der Waals surface area (Å²) >= 11 is 0. The van der Waals surface area contributed by atoms with Gasteiger partial charge in [-0.05, 0) is 56.8 Å². The Kier molecular flexibility index (Phi) is 4.91. The molecule has 0 radical (unpaired) electrons. The minimum absolute atomic E-state index is 0.00156. The second kappa shape index (κ2) is 7.12. The summed E-state index contributed by atoms with van der Waals surface area (Å²) in [6, 6.07) is 6.65. The van der Waals surface area contributed by atoms with Crippen LogP contribution in [0, 0.1) is 11.2 Å². The predicted octanol–water partition coefficient (Wildman–Crippen LogP) is 1.29. The maximum Gasteiger partial charge on any atom is 0.229 e. The maximum absolute atomic E-state index is 13.8. The zero-order valence-electron chi connectivity index (χ0n) is 16.3. The molecule has 7 heteroatoms. The third-order valence-electron chi connectivity index (χ3n) is 6.68. The van der Waals surface area contributed by atoms with Crippen LogP contribution in [0.25, 0.3) is 0 Å². The van der Waals surface area contributed by atoms with Gasteiger partial charge < -0.3 is 20.7 Å². The monoisotopic (exact) mass is 389 g/mol. The van der Waals surface area contributed by atoms with E-state index in [2.05, 4.69) is 16.0 Å². The van der Waals surface area contributed by atoms with Crippen LogP contribution in [0.5, 0.6) is 0 Å². The van der Waals surface area contributed by atoms with Crippen molar-refractivity contribution < 1.29 is 18.7 Å². The number of carbonyl (C=O) groups excluding carboxylic acids is 2. The number of amides is 2. The van der Waals surface area contributed by atoms with E-state index in [0.717, 1.165) is 25.9 Å². The zero-order chi connectivity index (χ0) is 19.8. The molecule has 1 saturated carbocycles. The van der Waals surface area contributed by atoms with Crippen molar-refractivity contribution in [2.45, 2.75) is 50.2 Å². The highest BCUT2D eigenvalue weighted by molar-refractivity contribution is 5.87. The molecule has 4 fully saturated rings. The molecule has 0 atom stereocenters. The Morgan fingerprint density at radius 3 is 2.57 bits per heavy atom. The van der Waals surface area contributed by atoms with Gasteiger partial charge in [0.2, 0.25) is 11.8 Å². The normalized spacial score (nSPS) is 29.9. The summed E-state index contributed by atoms with van der Waals surface area (Å²) in [5, 5.41) is 9.24. The number of piperidine rings is 1. The van der Waals surface area contributed by atoms with E-state index < -0.39 is 16.6 Å². The smallest absolute Gasteiger partial charge is 0.229 e. The first kappa shape index (κ1) is 19.3. The summed E-state index contributed by atoms with van der Waals surface area (Å²) in [7, 11) is 0. The number of rotatable bonds is 6. The molecule has 2 amide bonds. The Labute approximate surface area is 164 Å². The van der Waals surface area contributed by atoms with Crippen LogP contribution < -0.4 is 16.0 Å². The van der Waals surface area contributed by atoms with Crippen molar-refractivity contribution in [2.75, 3.05) is 26.2 Å². The molecule has 6 nitrogen and oxygen atoms in total. The number of benzene rings is 1. The van der Waals surface area contributed by atoms with Crippen LogP contribution in [-0.2, 0) is 20.7 Å². The molecule has 2 bridgehead atoms. The third kappa shape index (κ3) is 3.10. The molecule has 3 aliphatic heterocycles. The van der Waals surface area contributed by atoms with E-state index in [1.807, 2.05) is 0 Å². The Morgan fingerprint density at radius 1 is 1.18 bits per heavy atom. The quantitative estimate of drug-likeness (QED) is 0.685. The van der Waals surface area contributed by atoms with Crippen LogP contribution in [-0.4, -0.2) is 49.2 Å². The first-order chi connectivity index (χ1) is 13.4. The summed E-state index contributed by atoms with van der Waals surface area (Å²) in [5.41, 5.74) is -0.860. The van der Waals surface area contributed by atoms with Gasteiger partial charge in [0, 0.05) is 20.0 Å². The van der Waals surface area contributed by atoms with Gasteiger partial charge in [0.25, 0.3) is 0 Å². The number of nitrogens with one attached hydrogen (secondary N) is 3. The molecule has 3 heterocycles. The Morgan fingerprint density at radius 2 is 1.89 bits per heavy atom. The highest BCUT2D eigenvalue weighted by Gasteiger charge is 2.77. The van der Waals surface area contributed by atoms with Gasteiger partial charge in [0.05, 0.1) is 16.6 Å². The maximum atomic E-state index is 13.8. The minimum atomic E-state index is -0.553. The van der Waals surface area contributed by atoms with Crippen molar-refractivity contribution in [2.24, 2.45) is 5.41 Å². The second-order valence-electron chi connectivity index (χ2n) is 8.47. The first-order valence-electron chi connectivity index (χ1n) is 10.1. The van der Waals surface area contributed by atoms with Gasteiger partial charge in [0.1, 0.15) is 5.82 Å². The SMILES string of the molecule is CC(=O)NCC12CC(C(=O)NCCc3ccccc3F)(C1)C1(CCNCC1)O2. The molecule has 1 aliphatic carbocycles. The van der Waals surface area contributed by atoms with Gasteiger partial charge in [-0.1, -0.05) is 18.2 Å². The number of carbonyl (C=O) groups is 2. The van der Waals surface area contributed by atoms with E-state index in [1.165, 1.54) is 13.0 Å². The summed E-state index contributed by atoms with van der Waals surface area (Å²) in [4.78, 5) is 24.6. The van der Waals surface area contributed by atoms with Crippen LogP contribution in [0.1, 0.15) is 38.2 Å². The van der Waals surface area contributed by atoms with E-state index in [4.69, 9.17) is 4.74 Å². The van der Waals surface area contributed by atoms with E-state index in [1.54, 1.807) is 18.2 Å². The van der Waals surface area contributed by atoms with E-state index >= 15 is 0 Å². The zero-order valence-corrected chi connectivity index (χ0v) is 16.3. The van der Waals surface area contributed by atoms with Crippen LogP contribution >= 0.6 is 0 Å². The molecule has 1 aromatic carbocycles. The van der Waals surface area contributed by atoms with Crippen molar-refractivity contribution in [3.8, 4) is 0 Å². The van der Waals surface area contributed by atoms with Crippen molar-refractivity contribution in [1.82, 2.24) is 16.0 Å². The van der Waals surface area contributed by atoms with Gasteiger partial charge in [-0.3, -0.25) is 9.59 Å². The predicted molar refractivity (Wildman–Crippen MR) is 102 cm³/mol. The molecule has 152 valence electrons. The Hall–Kier alpha value is -1.99. The summed E-state index contributed by atoms with van der Waals surface area (Å²) in [6.45, 7) is 3.98. The van der Waals surface area contributed by atoms with Crippen molar-refractivity contribution in [1.29, 1.82) is 0 Å². The van der Waals surface area contributed by atoms with E-state index in [0.29, 0.717) is 37.9 Å². The molecular weight excluding hydrogens is 361 g/mol. The lowest BCUT2D eigenvalue weighted by molar-refractivity contribution is -0.141. The molecule has 4 aliphatic rings. The molecular formula is C21H28FN3O3.